The van der Waals surface area contributed by atoms with E-state index in [4.69, 9.17) is 28.4 Å². The molecular weight excluding hydrogens is 744 g/mol. The minimum absolute atomic E-state index is 0.298. The number of rotatable bonds is 15. The second-order valence-corrected chi connectivity index (χ2v) is 12.8. The Kier molecular flexibility index (Phi) is 14.3. The maximum absolute atomic E-state index is 11.9. The van der Waals surface area contributed by atoms with E-state index in [0.717, 1.165) is 49.4 Å². The van der Waals surface area contributed by atoms with Gasteiger partial charge in [-0.15, -0.1) is 0 Å². The zero-order valence-corrected chi connectivity index (χ0v) is 32.8. The van der Waals surface area contributed by atoms with Gasteiger partial charge in [0.2, 0.25) is 0 Å². The van der Waals surface area contributed by atoms with Crippen LogP contribution in [0.4, 0.5) is 0 Å². The molecule has 0 aromatic heterocycles. The fraction of sp³-hybridized carbons (Fsp3) is 0.196. The van der Waals surface area contributed by atoms with Crippen LogP contribution >= 0.6 is 15.9 Å². The highest BCUT2D eigenvalue weighted by Crippen LogP contribution is 2.42. The van der Waals surface area contributed by atoms with Crippen molar-refractivity contribution in [2.24, 2.45) is 0 Å². The van der Waals surface area contributed by atoms with Crippen LogP contribution in [0, 0.1) is 0 Å². The average molecular weight is 790 g/mol. The maximum Gasteiger partial charge on any atom is 0.337 e. The number of hydrogen-bond acceptors (Lipinski definition) is 7. The lowest BCUT2D eigenvalue weighted by atomic mass is 9.80. The minimum Gasteiger partial charge on any atom is -0.497 e. The van der Waals surface area contributed by atoms with Gasteiger partial charge in [0.25, 0.3) is 0 Å². The van der Waals surface area contributed by atoms with Crippen LogP contribution < -0.4 is 18.9 Å². The van der Waals surface area contributed by atoms with Crippen molar-refractivity contribution in [2.75, 3.05) is 21.3 Å². The van der Waals surface area contributed by atoms with Gasteiger partial charge in [0.1, 0.15) is 41.8 Å². The van der Waals surface area contributed by atoms with E-state index in [1.165, 1.54) is 7.11 Å². The number of ether oxygens (including phenoxy) is 6. The van der Waals surface area contributed by atoms with Gasteiger partial charge < -0.3 is 28.4 Å². The first-order valence-electron chi connectivity index (χ1n) is 17.7. The quantitative estimate of drug-likeness (QED) is 0.0758. The summed E-state index contributed by atoms with van der Waals surface area (Å²) >= 11 is 3.66. The Morgan fingerprint density at radius 1 is 0.537 bits per heavy atom. The Labute approximate surface area is 326 Å². The third-order valence-electron chi connectivity index (χ3n) is 8.69. The molecule has 8 heteroatoms. The molecule has 0 radical (unpaired) electrons. The third kappa shape index (κ3) is 9.69. The molecule has 0 saturated carbocycles. The smallest absolute Gasteiger partial charge is 0.337 e. The summed E-state index contributed by atoms with van der Waals surface area (Å²) in [7, 11) is 4.69. The van der Waals surface area contributed by atoms with Crippen LogP contribution in [-0.4, -0.2) is 27.3 Å². The number of hydrogen-bond donors (Lipinski definition) is 0. The van der Waals surface area contributed by atoms with Crippen LogP contribution in [-0.2, 0) is 34.9 Å². The molecule has 0 heterocycles. The molecule has 0 spiro atoms. The highest BCUT2D eigenvalue weighted by Gasteiger charge is 2.38. The van der Waals surface area contributed by atoms with E-state index in [1.807, 2.05) is 135 Å². The van der Waals surface area contributed by atoms with Gasteiger partial charge in [0.15, 0.2) is 0 Å². The van der Waals surface area contributed by atoms with Gasteiger partial charge in [-0.1, -0.05) is 109 Å². The summed E-state index contributed by atoms with van der Waals surface area (Å²) in [4.78, 5) is 11.9. The van der Waals surface area contributed by atoms with Gasteiger partial charge in [0.05, 0.1) is 33.5 Å². The molecule has 0 aliphatic heterocycles. The molecule has 0 unspecified atom stereocenters. The van der Waals surface area contributed by atoms with Crippen molar-refractivity contribution < 1.29 is 33.2 Å². The number of methoxy groups -OCH3 is 3. The molecule has 6 aromatic rings. The second-order valence-electron chi connectivity index (χ2n) is 12.0. The van der Waals surface area contributed by atoms with Crippen molar-refractivity contribution in [1.82, 2.24) is 0 Å². The van der Waals surface area contributed by atoms with Gasteiger partial charge in [0, 0.05) is 10.0 Å². The molecule has 278 valence electrons. The molecule has 6 aromatic carbocycles. The third-order valence-corrected chi connectivity index (χ3v) is 9.47. The summed E-state index contributed by atoms with van der Waals surface area (Å²) < 4.78 is 36.2. The van der Waals surface area contributed by atoms with Gasteiger partial charge >= 0.3 is 5.97 Å². The van der Waals surface area contributed by atoms with Gasteiger partial charge in [-0.05, 0) is 94.5 Å². The number of benzene rings is 6. The first kappa shape index (κ1) is 39.6. The van der Waals surface area contributed by atoms with Crippen LogP contribution in [0.2, 0.25) is 0 Å². The Bertz CT molecular complexity index is 2030. The summed E-state index contributed by atoms with van der Waals surface area (Å²) in [6, 6.07) is 47.1. The van der Waals surface area contributed by atoms with Gasteiger partial charge in [-0.3, -0.25) is 0 Å². The van der Waals surface area contributed by atoms with Crippen molar-refractivity contribution in [1.29, 1.82) is 0 Å². The number of halogens is 1. The van der Waals surface area contributed by atoms with E-state index < -0.39 is 5.60 Å². The predicted molar refractivity (Wildman–Crippen MR) is 215 cm³/mol. The summed E-state index contributed by atoms with van der Waals surface area (Å²) in [5, 5.41) is 0. The number of esters is 1. The molecule has 7 nitrogen and oxygen atoms in total. The Morgan fingerprint density at radius 3 is 1.69 bits per heavy atom. The zero-order valence-electron chi connectivity index (χ0n) is 31.2. The van der Waals surface area contributed by atoms with E-state index in [1.54, 1.807) is 26.4 Å². The lowest BCUT2D eigenvalue weighted by Crippen LogP contribution is -2.32. The van der Waals surface area contributed by atoms with E-state index >= 15 is 0 Å². The first-order chi connectivity index (χ1) is 26.4. The van der Waals surface area contributed by atoms with Crippen molar-refractivity contribution in [3.05, 3.63) is 189 Å². The molecule has 54 heavy (non-hydrogen) atoms. The van der Waals surface area contributed by atoms with Gasteiger partial charge in [-0.2, -0.15) is 0 Å². The highest BCUT2D eigenvalue weighted by molar-refractivity contribution is 9.10. The molecule has 0 atom stereocenters. The minimum atomic E-state index is -0.942. The van der Waals surface area contributed by atoms with E-state index in [-0.39, 0.29) is 5.97 Å². The zero-order chi connectivity index (χ0) is 38.3. The van der Waals surface area contributed by atoms with Crippen molar-refractivity contribution in [2.45, 2.75) is 39.3 Å². The standard InChI is InChI=1S/C44H39BrO7.C2H6/c1-47-38-19-15-36(16-20-38)44(35-12-5-4-6-13-35,37-17-21-39(48-2)22-18-37)52-29-32-10-8-14-40(26-32)51-30-34-27-41(23-24-42(34)45)50-28-31-9-7-11-33(25-31)43(46)49-3;1-2/h4-27H,28-30H2,1-3H3;1-2H3. The molecule has 6 rings (SSSR count). The molecule has 0 aliphatic carbocycles. The molecule has 0 amide bonds. The molecule has 0 N–H and O–H groups in total. The van der Waals surface area contributed by atoms with Crippen LogP contribution in [0.15, 0.2) is 150 Å². The largest absolute Gasteiger partial charge is 0.497 e. The maximum atomic E-state index is 11.9. The molecule has 0 fully saturated rings. The Morgan fingerprint density at radius 2 is 1.07 bits per heavy atom. The molecule has 0 saturated heterocycles. The monoisotopic (exact) mass is 788 g/mol. The van der Waals surface area contributed by atoms with Crippen molar-refractivity contribution in [3.8, 4) is 23.0 Å². The van der Waals surface area contributed by atoms with Crippen LogP contribution in [0.3, 0.4) is 0 Å². The Balaban J connectivity index is 0.00000276. The predicted octanol–water partition coefficient (Wildman–Crippen LogP) is 10.9. The van der Waals surface area contributed by atoms with E-state index in [2.05, 4.69) is 28.1 Å². The van der Waals surface area contributed by atoms with Crippen LogP contribution in [0.25, 0.3) is 0 Å². The summed E-state index contributed by atoms with van der Waals surface area (Å²) in [5.41, 5.74) is 5.17. The number of carbonyl (C=O) groups is 1. The lowest BCUT2D eigenvalue weighted by molar-refractivity contribution is 0.000105. The number of carbonyl (C=O) groups excluding carboxylic acids is 1. The molecular formula is C46H45BrO7. The van der Waals surface area contributed by atoms with Crippen molar-refractivity contribution >= 4 is 21.9 Å². The van der Waals surface area contributed by atoms with E-state index in [0.29, 0.717) is 36.9 Å². The van der Waals surface area contributed by atoms with Crippen LogP contribution in [0.1, 0.15) is 57.6 Å². The highest BCUT2D eigenvalue weighted by atomic mass is 79.9. The molecule has 0 bridgehead atoms. The normalized spacial score (nSPS) is 10.8. The fourth-order valence-corrected chi connectivity index (χ4v) is 6.34. The van der Waals surface area contributed by atoms with Crippen LogP contribution in [0.5, 0.6) is 23.0 Å². The average Bonchev–Trinajstić information content (AvgIpc) is 3.24. The lowest BCUT2D eigenvalue weighted by Gasteiger charge is -2.36. The van der Waals surface area contributed by atoms with Gasteiger partial charge in [-0.25, -0.2) is 4.79 Å². The summed E-state index contributed by atoms with van der Waals surface area (Å²) in [6.07, 6.45) is 0. The SMILES string of the molecule is CC.COC(=O)c1cccc(COc2ccc(Br)c(COc3cccc(COC(c4ccccc4)(c4ccc(OC)cc4)c4ccc(OC)cc4)c3)c2)c1. The summed E-state index contributed by atoms with van der Waals surface area (Å²) in [6.45, 7) is 4.91. The summed E-state index contributed by atoms with van der Waals surface area (Å²) in [5.74, 6) is 2.53. The first-order valence-corrected chi connectivity index (χ1v) is 18.5. The second kappa shape index (κ2) is 19.5. The van der Waals surface area contributed by atoms with Crippen molar-refractivity contribution in [3.63, 3.8) is 0 Å². The molecule has 0 aliphatic rings. The van der Waals surface area contributed by atoms with E-state index in [9.17, 15) is 4.79 Å². The fourth-order valence-electron chi connectivity index (χ4n) is 5.98. The topological polar surface area (TPSA) is 72.5 Å². The Hall–Kier alpha value is -5.57.